The number of benzene rings is 1. The molecule has 0 aliphatic carbocycles. The van der Waals surface area contributed by atoms with Crippen molar-refractivity contribution < 1.29 is 27.9 Å². The number of carbonyl (C=O) groups excluding carboxylic acids is 2. The van der Waals surface area contributed by atoms with Gasteiger partial charge in [-0.05, 0) is 37.1 Å². The Balaban J connectivity index is 1.83. The fourth-order valence-electron chi connectivity index (χ4n) is 3.45. The van der Waals surface area contributed by atoms with Crippen molar-refractivity contribution in [1.29, 1.82) is 0 Å². The van der Waals surface area contributed by atoms with Gasteiger partial charge in [-0.2, -0.15) is 17.7 Å². The van der Waals surface area contributed by atoms with E-state index in [2.05, 4.69) is 0 Å². The number of likely N-dealkylation sites (N-methyl/N-ethyl adjacent to an activating group) is 1. The number of hydrogen-bond acceptors (Lipinski definition) is 4. The maximum absolute atomic E-state index is 13.1. The Morgan fingerprint density at radius 2 is 1.93 bits per heavy atom. The third kappa shape index (κ3) is 3.51. The Morgan fingerprint density at radius 3 is 2.43 bits per heavy atom. The van der Waals surface area contributed by atoms with Gasteiger partial charge in [0.2, 0.25) is 0 Å². The van der Waals surface area contributed by atoms with Crippen molar-refractivity contribution in [3.8, 4) is 0 Å². The molecule has 0 bridgehead atoms. The number of aromatic carboxylic acids is 1. The summed E-state index contributed by atoms with van der Waals surface area (Å²) in [5.41, 5.74) is 0.432. The first-order valence-electron chi connectivity index (χ1n) is 8.73. The first kappa shape index (κ1) is 20.3. The fraction of sp³-hybridized carbons (Fsp3) is 0.368. The molecule has 2 amide bonds. The lowest BCUT2D eigenvalue weighted by molar-refractivity contribution is -0.254. The minimum atomic E-state index is -4.40. The minimum Gasteiger partial charge on any atom is -0.544 e. The van der Waals surface area contributed by atoms with E-state index in [1.165, 1.54) is 12.1 Å². The summed E-state index contributed by atoms with van der Waals surface area (Å²) in [4.78, 5) is 26.1. The molecule has 1 aliphatic heterocycles. The van der Waals surface area contributed by atoms with Crippen molar-refractivity contribution >= 4 is 28.3 Å². The summed E-state index contributed by atoms with van der Waals surface area (Å²) < 4.78 is 38.1. The molecule has 0 spiro atoms. The number of carbonyl (C=O) groups is 2. The zero-order valence-electron chi connectivity index (χ0n) is 15.4. The molecule has 1 atom stereocenters. The lowest BCUT2D eigenvalue weighted by atomic mass is 10.1. The van der Waals surface area contributed by atoms with Gasteiger partial charge in [-0.3, -0.25) is 4.90 Å². The van der Waals surface area contributed by atoms with E-state index in [-0.39, 0.29) is 21.9 Å². The van der Waals surface area contributed by atoms with E-state index in [0.29, 0.717) is 35.8 Å². The summed E-state index contributed by atoms with van der Waals surface area (Å²) in [5.74, 6) is -1.27. The van der Waals surface area contributed by atoms with Crippen LogP contribution in [0.5, 0.6) is 0 Å². The molecule has 0 radical (unpaired) electrons. The van der Waals surface area contributed by atoms with Crippen molar-refractivity contribution in [1.82, 2.24) is 9.38 Å². The molecule has 1 saturated heterocycles. The van der Waals surface area contributed by atoms with E-state index < -0.39 is 17.7 Å². The number of hydrogen-bond donors (Lipinski definition) is 0. The number of halogens is 3. The molecule has 1 fully saturated rings. The van der Waals surface area contributed by atoms with Gasteiger partial charge >= 0.3 is 12.2 Å². The van der Waals surface area contributed by atoms with Crippen molar-refractivity contribution in [2.75, 3.05) is 19.6 Å². The summed E-state index contributed by atoms with van der Waals surface area (Å²) in [6, 6.07) is 6.28. The first-order valence-corrected chi connectivity index (χ1v) is 9.55. The summed E-state index contributed by atoms with van der Waals surface area (Å²) >= 11 is 1.04. The van der Waals surface area contributed by atoms with Gasteiger partial charge < -0.3 is 9.90 Å². The molecular formula is C19H19F3N2O3S. The second-order valence-electron chi connectivity index (χ2n) is 6.79. The van der Waals surface area contributed by atoms with Crippen LogP contribution in [0, 0.1) is 6.92 Å². The standard InChI is InChI=1S/C19H19F3N2O3S/c1-3-24(15-10-12(2)16(28-15)17(25)26)9-8-23(18(24)27)11-13-4-6-14(7-5-13)19(20,21)22/h4-7,10H,3,8-9,11H2,1-2H3. The molecule has 28 heavy (non-hydrogen) atoms. The number of amides is 2. The maximum Gasteiger partial charge on any atom is 0.425 e. The highest BCUT2D eigenvalue weighted by molar-refractivity contribution is 7.18. The molecule has 1 aromatic heterocycles. The normalized spacial score (nSPS) is 20.0. The molecule has 2 heterocycles. The smallest absolute Gasteiger partial charge is 0.425 e. The van der Waals surface area contributed by atoms with Crippen molar-refractivity contribution in [3.63, 3.8) is 0 Å². The highest BCUT2D eigenvalue weighted by Gasteiger charge is 2.48. The molecular weight excluding hydrogens is 393 g/mol. The van der Waals surface area contributed by atoms with Crippen LogP contribution >= 0.6 is 11.3 Å². The zero-order chi connectivity index (χ0) is 20.7. The number of quaternary nitrogens is 1. The van der Waals surface area contributed by atoms with Crippen LogP contribution in [0.25, 0.3) is 0 Å². The van der Waals surface area contributed by atoms with E-state index in [4.69, 9.17) is 0 Å². The highest BCUT2D eigenvalue weighted by atomic mass is 32.1. The number of urea groups is 1. The van der Waals surface area contributed by atoms with Crippen LogP contribution in [-0.4, -0.2) is 36.5 Å². The van der Waals surface area contributed by atoms with E-state index in [1.54, 1.807) is 17.9 Å². The zero-order valence-corrected chi connectivity index (χ0v) is 16.2. The van der Waals surface area contributed by atoms with Gasteiger partial charge in [0.05, 0.1) is 36.0 Å². The Morgan fingerprint density at radius 1 is 1.29 bits per heavy atom. The monoisotopic (exact) mass is 412 g/mol. The minimum absolute atomic E-state index is 0.000574. The number of alkyl halides is 3. The van der Waals surface area contributed by atoms with Crippen LogP contribution in [0.4, 0.5) is 23.0 Å². The Bertz CT molecular complexity index is 908. The van der Waals surface area contributed by atoms with Gasteiger partial charge in [0, 0.05) is 6.07 Å². The van der Waals surface area contributed by atoms with Gasteiger partial charge in [0.15, 0.2) is 5.00 Å². The van der Waals surface area contributed by atoms with Crippen LogP contribution < -0.4 is 9.59 Å². The molecule has 1 unspecified atom stereocenters. The second kappa shape index (κ2) is 7.21. The molecule has 3 rings (SSSR count). The summed E-state index contributed by atoms with van der Waals surface area (Å²) in [6.45, 7) is 5.09. The van der Waals surface area contributed by atoms with Gasteiger partial charge in [-0.25, -0.2) is 4.79 Å². The third-order valence-electron chi connectivity index (χ3n) is 5.09. The predicted octanol–water partition coefficient (Wildman–Crippen LogP) is 3.40. The van der Waals surface area contributed by atoms with E-state index in [1.807, 2.05) is 6.92 Å². The molecule has 5 nitrogen and oxygen atoms in total. The van der Waals surface area contributed by atoms with Crippen LogP contribution in [0.15, 0.2) is 30.3 Å². The van der Waals surface area contributed by atoms with Crippen molar-refractivity contribution in [2.24, 2.45) is 0 Å². The van der Waals surface area contributed by atoms with Crippen molar-refractivity contribution in [2.45, 2.75) is 26.6 Å². The van der Waals surface area contributed by atoms with Gasteiger partial charge in [0.1, 0.15) is 6.54 Å². The molecule has 1 aromatic carbocycles. The summed E-state index contributed by atoms with van der Waals surface area (Å²) in [5, 5.41) is 11.9. The number of nitrogens with zero attached hydrogens (tertiary/aromatic N) is 2. The Labute approximate surface area is 164 Å². The van der Waals surface area contributed by atoms with Gasteiger partial charge in [-0.15, -0.1) is 0 Å². The molecule has 150 valence electrons. The van der Waals surface area contributed by atoms with Crippen LogP contribution in [0.3, 0.4) is 0 Å². The topological polar surface area (TPSA) is 60.4 Å². The van der Waals surface area contributed by atoms with Crippen LogP contribution in [-0.2, 0) is 12.7 Å². The first-order chi connectivity index (χ1) is 13.1. The Kier molecular flexibility index (Phi) is 5.24. The lowest BCUT2D eigenvalue weighted by Gasteiger charge is -2.27. The molecule has 9 heteroatoms. The average Bonchev–Trinajstić information content (AvgIpc) is 3.17. The fourth-order valence-corrected chi connectivity index (χ4v) is 4.67. The molecule has 2 aromatic rings. The number of thiophene rings is 1. The van der Waals surface area contributed by atoms with Crippen LogP contribution in [0.2, 0.25) is 0 Å². The maximum atomic E-state index is 13.1. The highest BCUT2D eigenvalue weighted by Crippen LogP contribution is 2.38. The van der Waals surface area contributed by atoms with Crippen LogP contribution in [0.1, 0.15) is 33.3 Å². The predicted molar refractivity (Wildman–Crippen MR) is 97.8 cm³/mol. The summed E-state index contributed by atoms with van der Waals surface area (Å²) in [7, 11) is 0. The largest absolute Gasteiger partial charge is 0.544 e. The molecule has 1 aliphatic rings. The van der Waals surface area contributed by atoms with Crippen molar-refractivity contribution in [3.05, 3.63) is 51.9 Å². The lowest BCUT2D eigenvalue weighted by Crippen LogP contribution is -2.51. The second-order valence-corrected chi connectivity index (χ2v) is 7.82. The SMILES string of the molecule is CC[N+]1(c2cc(C)c(C(=O)[O-])s2)CCN(Cc2ccc(C(F)(F)F)cc2)C1=O. The van der Waals surface area contributed by atoms with E-state index in [9.17, 15) is 27.9 Å². The third-order valence-corrected chi connectivity index (χ3v) is 6.46. The van der Waals surface area contributed by atoms with E-state index in [0.717, 1.165) is 23.5 Å². The molecule has 0 saturated carbocycles. The quantitative estimate of drug-likeness (QED) is 0.708. The van der Waals surface area contributed by atoms with Gasteiger partial charge in [-0.1, -0.05) is 23.5 Å². The van der Waals surface area contributed by atoms with E-state index >= 15 is 0 Å². The van der Waals surface area contributed by atoms with Gasteiger partial charge in [0.25, 0.3) is 0 Å². The molecule has 0 N–H and O–H groups in total. The number of carboxylic acids is 1. The summed E-state index contributed by atoms with van der Waals surface area (Å²) in [6.07, 6.45) is -4.40. The number of rotatable bonds is 5. The Hall–Kier alpha value is -2.39. The number of aryl methyl sites for hydroxylation is 1. The average molecular weight is 412 g/mol. The number of carboxylic acid groups (broad SMARTS) is 1.